The van der Waals surface area contributed by atoms with Crippen LogP contribution < -0.4 is 16.7 Å². The van der Waals surface area contributed by atoms with Crippen LogP contribution in [0.3, 0.4) is 0 Å². The fourth-order valence-electron chi connectivity index (χ4n) is 2.17. The second-order valence-electron chi connectivity index (χ2n) is 5.37. The Kier molecular flexibility index (Phi) is 5.54. The number of carboxylic acids is 1. The molecule has 8 nitrogen and oxygen atoms in total. The van der Waals surface area contributed by atoms with E-state index in [1.54, 1.807) is 0 Å². The predicted octanol–water partition coefficient (Wildman–Crippen LogP) is 0.811. The first kappa shape index (κ1) is 17.5. The molecule has 128 valence electrons. The first-order valence-electron chi connectivity index (χ1n) is 7.42. The Labute approximate surface area is 136 Å². The Morgan fingerprint density at radius 3 is 2.71 bits per heavy atom. The molecule has 0 aliphatic rings. The number of nitrogens with one attached hydrogen (secondary N) is 1. The smallest absolute Gasteiger partial charge is 0.349 e. The van der Waals surface area contributed by atoms with Crippen LogP contribution in [0.15, 0.2) is 33.5 Å². The molecule has 0 aliphatic heterocycles. The number of aromatic hydroxyl groups is 1. The van der Waals surface area contributed by atoms with Gasteiger partial charge in [0.2, 0.25) is 0 Å². The Hall–Kier alpha value is -2.87. The van der Waals surface area contributed by atoms with Gasteiger partial charge in [0, 0.05) is 18.0 Å². The number of hydrogen-bond donors (Lipinski definition) is 4. The zero-order chi connectivity index (χ0) is 17.7. The molecule has 0 saturated heterocycles. The minimum atomic E-state index is -1.06. The summed E-state index contributed by atoms with van der Waals surface area (Å²) in [6, 6.07) is 4.75. The molecule has 5 N–H and O–H groups in total. The number of hydrogen-bond acceptors (Lipinski definition) is 6. The van der Waals surface area contributed by atoms with E-state index in [4.69, 9.17) is 15.3 Å². The van der Waals surface area contributed by atoms with E-state index in [9.17, 15) is 19.5 Å². The predicted molar refractivity (Wildman–Crippen MR) is 85.9 cm³/mol. The van der Waals surface area contributed by atoms with Gasteiger partial charge in [0.1, 0.15) is 22.9 Å². The van der Waals surface area contributed by atoms with Crippen molar-refractivity contribution in [3.05, 3.63) is 40.2 Å². The number of fused-ring (bicyclic) bond motifs is 1. The molecule has 1 aromatic heterocycles. The van der Waals surface area contributed by atoms with Crippen molar-refractivity contribution in [1.82, 2.24) is 5.32 Å². The summed E-state index contributed by atoms with van der Waals surface area (Å²) >= 11 is 0. The zero-order valence-electron chi connectivity index (χ0n) is 12.8. The van der Waals surface area contributed by atoms with Crippen LogP contribution in [-0.2, 0) is 4.79 Å². The topological polar surface area (TPSA) is 143 Å². The molecular formula is C16H18N2O6. The van der Waals surface area contributed by atoms with E-state index in [0.29, 0.717) is 24.6 Å². The van der Waals surface area contributed by atoms with Crippen molar-refractivity contribution in [2.45, 2.75) is 25.3 Å². The van der Waals surface area contributed by atoms with Crippen LogP contribution in [0.5, 0.6) is 5.75 Å². The lowest BCUT2D eigenvalue weighted by molar-refractivity contribution is -0.138. The van der Waals surface area contributed by atoms with Gasteiger partial charge in [-0.2, -0.15) is 0 Å². The summed E-state index contributed by atoms with van der Waals surface area (Å²) in [6.45, 7) is 0.290. The summed E-state index contributed by atoms with van der Waals surface area (Å²) in [5.41, 5.74) is 4.65. The van der Waals surface area contributed by atoms with E-state index in [0.717, 1.165) is 0 Å². The van der Waals surface area contributed by atoms with Crippen LogP contribution in [0.4, 0.5) is 0 Å². The lowest BCUT2D eigenvalue weighted by Gasteiger charge is -2.07. The highest BCUT2D eigenvalue weighted by atomic mass is 16.4. The summed E-state index contributed by atoms with van der Waals surface area (Å²) in [7, 11) is 0. The fourth-order valence-corrected chi connectivity index (χ4v) is 2.17. The molecule has 2 aromatic rings. The molecule has 0 saturated carbocycles. The summed E-state index contributed by atoms with van der Waals surface area (Å²) in [4.78, 5) is 34.5. The van der Waals surface area contributed by atoms with E-state index in [-0.39, 0.29) is 23.4 Å². The molecule has 0 unspecified atom stereocenters. The Morgan fingerprint density at radius 2 is 2.00 bits per heavy atom. The van der Waals surface area contributed by atoms with Gasteiger partial charge in [0.15, 0.2) is 0 Å². The number of benzene rings is 1. The number of aliphatic carboxylic acids is 1. The zero-order valence-corrected chi connectivity index (χ0v) is 12.8. The second-order valence-corrected chi connectivity index (χ2v) is 5.37. The van der Waals surface area contributed by atoms with Gasteiger partial charge >= 0.3 is 11.6 Å². The summed E-state index contributed by atoms with van der Waals surface area (Å²) in [6.07, 6.45) is 1.39. The van der Waals surface area contributed by atoms with Crippen LogP contribution >= 0.6 is 0 Å². The lowest BCUT2D eigenvalue weighted by Crippen LogP contribution is -2.31. The minimum absolute atomic E-state index is 0.0394. The highest BCUT2D eigenvalue weighted by Crippen LogP contribution is 2.19. The number of carboxylic acid groups (broad SMARTS) is 1. The Morgan fingerprint density at radius 1 is 1.25 bits per heavy atom. The van der Waals surface area contributed by atoms with Gasteiger partial charge in [-0.05, 0) is 37.5 Å². The van der Waals surface area contributed by atoms with Gasteiger partial charge in [-0.1, -0.05) is 0 Å². The van der Waals surface area contributed by atoms with E-state index in [1.165, 1.54) is 24.3 Å². The molecule has 0 fully saturated rings. The standard InChI is InChI=1S/C16H18N2O6/c17-12(15(21)22)3-1-2-6-18-14(20)11-7-9-4-5-10(19)8-13(9)24-16(11)23/h4-5,7-8,12,19H,1-3,6,17H2,(H,18,20)(H,21,22)/t12-/m0/s1. The average molecular weight is 334 g/mol. The highest BCUT2D eigenvalue weighted by molar-refractivity contribution is 5.96. The third-order valence-electron chi connectivity index (χ3n) is 3.51. The van der Waals surface area contributed by atoms with Gasteiger partial charge in [-0.15, -0.1) is 0 Å². The van der Waals surface area contributed by atoms with Crippen molar-refractivity contribution in [1.29, 1.82) is 0 Å². The minimum Gasteiger partial charge on any atom is -0.508 e. The Bertz CT molecular complexity index is 814. The fraction of sp³-hybridized carbons (Fsp3) is 0.312. The van der Waals surface area contributed by atoms with Gasteiger partial charge in [-0.3, -0.25) is 9.59 Å². The molecule has 0 aliphatic carbocycles. The first-order chi connectivity index (χ1) is 11.4. The van der Waals surface area contributed by atoms with Gasteiger partial charge in [-0.25, -0.2) is 4.79 Å². The molecule has 1 amide bonds. The third kappa shape index (κ3) is 4.32. The average Bonchev–Trinajstić information content (AvgIpc) is 2.53. The number of carbonyl (C=O) groups is 2. The van der Waals surface area contributed by atoms with Gasteiger partial charge in [0.05, 0.1) is 0 Å². The number of unbranched alkanes of at least 4 members (excludes halogenated alkanes) is 1. The number of phenols is 1. The largest absolute Gasteiger partial charge is 0.508 e. The van der Waals surface area contributed by atoms with Crippen LogP contribution in [0, 0.1) is 0 Å². The molecule has 0 spiro atoms. The first-order valence-corrected chi connectivity index (χ1v) is 7.42. The van der Waals surface area contributed by atoms with E-state index < -0.39 is 23.5 Å². The van der Waals surface area contributed by atoms with E-state index in [2.05, 4.69) is 5.32 Å². The summed E-state index contributed by atoms with van der Waals surface area (Å²) < 4.78 is 5.02. The molecule has 0 radical (unpaired) electrons. The maximum Gasteiger partial charge on any atom is 0.349 e. The van der Waals surface area contributed by atoms with Crippen molar-refractivity contribution >= 4 is 22.8 Å². The van der Waals surface area contributed by atoms with E-state index in [1.807, 2.05) is 0 Å². The summed E-state index contributed by atoms with van der Waals surface area (Å²) in [5.74, 6) is -1.66. The van der Waals surface area contributed by atoms with Crippen molar-refractivity contribution in [2.75, 3.05) is 6.54 Å². The highest BCUT2D eigenvalue weighted by Gasteiger charge is 2.14. The molecular weight excluding hydrogens is 316 g/mol. The quantitative estimate of drug-likeness (QED) is 0.433. The lowest BCUT2D eigenvalue weighted by atomic mass is 10.1. The second kappa shape index (κ2) is 7.60. The molecule has 0 bridgehead atoms. The maximum absolute atomic E-state index is 12.0. The molecule has 1 heterocycles. The van der Waals surface area contributed by atoms with Gasteiger partial charge < -0.3 is 25.7 Å². The third-order valence-corrected chi connectivity index (χ3v) is 3.51. The van der Waals surface area contributed by atoms with Crippen LogP contribution in [-0.4, -0.2) is 34.7 Å². The van der Waals surface area contributed by atoms with E-state index >= 15 is 0 Å². The molecule has 1 aromatic carbocycles. The van der Waals surface area contributed by atoms with Crippen molar-refractivity contribution < 1.29 is 24.2 Å². The number of phenolic OH excluding ortho intramolecular Hbond substituents is 1. The number of nitrogens with two attached hydrogens (primary N) is 1. The van der Waals surface area contributed by atoms with Crippen LogP contribution in [0.1, 0.15) is 29.6 Å². The summed E-state index contributed by atoms with van der Waals surface area (Å²) in [5, 5.41) is 21.1. The molecule has 1 atom stereocenters. The number of rotatable bonds is 7. The maximum atomic E-state index is 12.0. The van der Waals surface area contributed by atoms with Crippen LogP contribution in [0.25, 0.3) is 11.0 Å². The van der Waals surface area contributed by atoms with Gasteiger partial charge in [0.25, 0.3) is 5.91 Å². The van der Waals surface area contributed by atoms with Crippen molar-refractivity contribution in [2.24, 2.45) is 5.73 Å². The Balaban J connectivity index is 1.94. The monoisotopic (exact) mass is 334 g/mol. The number of carbonyl (C=O) groups excluding carboxylic acids is 1. The van der Waals surface area contributed by atoms with Crippen molar-refractivity contribution in [3.8, 4) is 5.75 Å². The molecule has 24 heavy (non-hydrogen) atoms. The molecule has 2 rings (SSSR count). The SMILES string of the molecule is N[C@@H](CCCCNC(=O)c1cc2ccc(O)cc2oc1=O)C(=O)O. The normalized spacial score (nSPS) is 12.0. The van der Waals surface area contributed by atoms with Crippen molar-refractivity contribution in [3.63, 3.8) is 0 Å². The van der Waals surface area contributed by atoms with Crippen LogP contribution in [0.2, 0.25) is 0 Å². The molecule has 8 heteroatoms. The number of amides is 1.